The van der Waals surface area contributed by atoms with Crippen LogP contribution in [0, 0.1) is 5.82 Å². The number of hydrogen-bond acceptors (Lipinski definition) is 8. The maximum absolute atomic E-state index is 13.7. The molecule has 10 nitrogen and oxygen atoms in total. The molecule has 0 atom stereocenters. The van der Waals surface area contributed by atoms with Crippen LogP contribution in [0.2, 0.25) is 0 Å². The van der Waals surface area contributed by atoms with E-state index in [2.05, 4.69) is 15.3 Å². The van der Waals surface area contributed by atoms with Gasteiger partial charge in [0.25, 0.3) is 5.91 Å². The number of carbonyl (C=O) groups excluding carboxylic acids is 1. The zero-order valence-corrected chi connectivity index (χ0v) is 24.7. The van der Waals surface area contributed by atoms with Crippen molar-refractivity contribution in [3.63, 3.8) is 0 Å². The number of furan rings is 1. The van der Waals surface area contributed by atoms with Gasteiger partial charge in [-0.05, 0) is 65.7 Å². The first kappa shape index (κ1) is 27.6. The number of aromatic nitrogens is 2. The molecule has 3 aromatic heterocycles. The number of rotatable bonds is 6. The van der Waals surface area contributed by atoms with E-state index in [4.69, 9.17) is 13.6 Å². The van der Waals surface area contributed by atoms with Crippen molar-refractivity contribution in [2.24, 2.45) is 0 Å². The van der Waals surface area contributed by atoms with Crippen molar-refractivity contribution >= 4 is 43.8 Å². The highest BCUT2D eigenvalue weighted by Gasteiger charge is 2.28. The second kappa shape index (κ2) is 10.2. The van der Waals surface area contributed by atoms with Crippen molar-refractivity contribution in [1.29, 1.82) is 0 Å². The highest BCUT2D eigenvalue weighted by Crippen LogP contribution is 2.45. The number of halogens is 1. The smallest absolute Gasteiger partial charge is 0.255 e. The number of anilines is 1. The summed E-state index contributed by atoms with van der Waals surface area (Å²) >= 11 is 0. The van der Waals surface area contributed by atoms with Gasteiger partial charge in [-0.3, -0.25) is 9.10 Å². The highest BCUT2D eigenvalue weighted by atomic mass is 32.2. The van der Waals surface area contributed by atoms with Crippen LogP contribution in [0.25, 0.3) is 56.1 Å². The first-order valence-electron chi connectivity index (χ1n) is 13.7. The van der Waals surface area contributed by atoms with Gasteiger partial charge in [0.1, 0.15) is 22.9 Å². The molecule has 12 heteroatoms. The molecule has 1 N–H and O–H groups in total. The van der Waals surface area contributed by atoms with E-state index in [1.165, 1.54) is 38.4 Å². The number of carbonyl (C=O) groups is 1. The van der Waals surface area contributed by atoms with Crippen molar-refractivity contribution in [2.75, 3.05) is 31.3 Å². The van der Waals surface area contributed by atoms with Crippen LogP contribution in [0.5, 0.6) is 5.75 Å². The first-order chi connectivity index (χ1) is 21.1. The van der Waals surface area contributed by atoms with Crippen molar-refractivity contribution in [3.05, 3.63) is 83.8 Å². The fourth-order valence-electron chi connectivity index (χ4n) is 5.46. The van der Waals surface area contributed by atoms with Crippen LogP contribution in [0.1, 0.15) is 15.9 Å². The number of amides is 1. The Balaban J connectivity index is 1.52. The molecular formula is C32H25FN4O6S. The van der Waals surface area contributed by atoms with E-state index in [0.29, 0.717) is 69.2 Å². The monoisotopic (exact) mass is 612 g/mol. The lowest BCUT2D eigenvalue weighted by atomic mass is 9.94. The average Bonchev–Trinajstić information content (AvgIpc) is 3.75. The standard InChI is InChI=1S/C32H25FN4O6S/c1-34-31(38)27-22-15-21(24(37(2)44(3,39)40)16-26(22)42-29(27)17-6-8-20(33)9-7-17)19-13-18-10-12-41-28(18)23(14-19)32-36-30-25(43-32)5-4-11-35-30/h4-9,11,13-16H,10,12H2,1-3H3,(H,34,38). The Hall–Kier alpha value is -5.23. The van der Waals surface area contributed by atoms with E-state index >= 15 is 0 Å². The largest absolute Gasteiger partial charge is 0.492 e. The summed E-state index contributed by atoms with van der Waals surface area (Å²) in [6, 6.07) is 16.2. The lowest BCUT2D eigenvalue weighted by Crippen LogP contribution is -2.25. The minimum absolute atomic E-state index is 0.228. The fraction of sp³-hybridized carbons (Fsp3) is 0.156. The quantitative estimate of drug-likeness (QED) is 0.250. The van der Waals surface area contributed by atoms with Gasteiger partial charge in [0, 0.05) is 49.3 Å². The molecule has 3 aromatic carbocycles. The highest BCUT2D eigenvalue weighted by molar-refractivity contribution is 7.92. The van der Waals surface area contributed by atoms with Crippen LogP contribution < -0.4 is 14.4 Å². The lowest BCUT2D eigenvalue weighted by Gasteiger charge is -2.21. The van der Waals surface area contributed by atoms with Gasteiger partial charge in [-0.15, -0.1) is 0 Å². The summed E-state index contributed by atoms with van der Waals surface area (Å²) in [4.78, 5) is 22.1. The van der Waals surface area contributed by atoms with Gasteiger partial charge >= 0.3 is 0 Å². The molecule has 0 bridgehead atoms. The maximum Gasteiger partial charge on any atom is 0.255 e. The lowest BCUT2D eigenvalue weighted by molar-refractivity contribution is 0.0964. The third-order valence-electron chi connectivity index (χ3n) is 7.69. The fourth-order valence-corrected chi connectivity index (χ4v) is 5.97. The van der Waals surface area contributed by atoms with Crippen molar-refractivity contribution in [2.45, 2.75) is 6.42 Å². The molecule has 0 saturated heterocycles. The number of sulfonamides is 1. The SMILES string of the molecule is CNC(=O)c1c(-c2ccc(F)cc2)oc2cc(N(C)S(C)(=O)=O)c(-c3cc4c(c(-c5nc6ncccc6o5)c3)OCC4)cc12. The van der Waals surface area contributed by atoms with Gasteiger partial charge in [-0.1, -0.05) is 0 Å². The number of nitrogens with one attached hydrogen (secondary N) is 1. The molecule has 0 aliphatic carbocycles. The van der Waals surface area contributed by atoms with Crippen molar-refractivity contribution in [3.8, 4) is 39.7 Å². The number of fused-ring (bicyclic) bond motifs is 3. The Labute approximate surface area is 251 Å². The van der Waals surface area contributed by atoms with Crippen LogP contribution in [-0.4, -0.2) is 51.3 Å². The van der Waals surface area contributed by atoms with Gasteiger partial charge in [0.15, 0.2) is 11.2 Å². The number of hydrogen-bond donors (Lipinski definition) is 1. The first-order valence-corrected chi connectivity index (χ1v) is 15.5. The Kier molecular flexibility index (Phi) is 6.39. The number of nitrogens with zero attached hydrogens (tertiary/aromatic N) is 3. The molecule has 1 aliphatic rings. The Bertz CT molecular complexity index is 2190. The Morgan fingerprint density at radius 2 is 1.80 bits per heavy atom. The van der Waals surface area contributed by atoms with E-state index in [1.807, 2.05) is 12.1 Å². The molecule has 6 aromatic rings. The molecule has 1 aliphatic heterocycles. The zero-order valence-electron chi connectivity index (χ0n) is 23.8. The normalized spacial score (nSPS) is 12.8. The van der Waals surface area contributed by atoms with Crippen LogP contribution in [0.4, 0.5) is 10.1 Å². The summed E-state index contributed by atoms with van der Waals surface area (Å²) in [5, 5.41) is 3.11. The van der Waals surface area contributed by atoms with E-state index in [-0.39, 0.29) is 16.9 Å². The molecule has 7 rings (SSSR count). The second-order valence-corrected chi connectivity index (χ2v) is 12.5. The van der Waals surface area contributed by atoms with Gasteiger partial charge in [-0.25, -0.2) is 17.8 Å². The summed E-state index contributed by atoms with van der Waals surface area (Å²) in [7, 11) is -0.764. The number of benzene rings is 3. The zero-order chi connectivity index (χ0) is 30.7. The summed E-state index contributed by atoms with van der Waals surface area (Å²) in [6.45, 7) is 0.461. The summed E-state index contributed by atoms with van der Waals surface area (Å²) < 4.78 is 58.8. The Morgan fingerprint density at radius 3 is 2.52 bits per heavy atom. The van der Waals surface area contributed by atoms with E-state index in [0.717, 1.165) is 16.1 Å². The molecule has 1 amide bonds. The summed E-state index contributed by atoms with van der Waals surface area (Å²) in [5.41, 5.74) is 4.95. The predicted molar refractivity (Wildman–Crippen MR) is 164 cm³/mol. The molecule has 0 fully saturated rings. The van der Waals surface area contributed by atoms with Crippen molar-refractivity contribution in [1.82, 2.24) is 15.3 Å². The van der Waals surface area contributed by atoms with Gasteiger partial charge < -0.3 is 18.9 Å². The van der Waals surface area contributed by atoms with Crippen molar-refractivity contribution < 1.29 is 31.2 Å². The molecule has 44 heavy (non-hydrogen) atoms. The number of pyridine rings is 1. The summed E-state index contributed by atoms with van der Waals surface area (Å²) in [6.07, 6.45) is 3.36. The second-order valence-electron chi connectivity index (χ2n) is 10.4. The van der Waals surface area contributed by atoms with E-state index in [1.54, 1.807) is 30.5 Å². The minimum Gasteiger partial charge on any atom is -0.492 e. The third-order valence-corrected chi connectivity index (χ3v) is 8.89. The average molecular weight is 613 g/mol. The molecule has 222 valence electrons. The van der Waals surface area contributed by atoms with Crippen LogP contribution >= 0.6 is 0 Å². The van der Waals surface area contributed by atoms with Gasteiger partial charge in [-0.2, -0.15) is 4.98 Å². The van der Waals surface area contributed by atoms with Crippen LogP contribution in [0.15, 0.2) is 75.7 Å². The molecular weight excluding hydrogens is 587 g/mol. The topological polar surface area (TPSA) is 128 Å². The predicted octanol–water partition coefficient (Wildman–Crippen LogP) is 5.80. The molecule has 0 unspecified atom stereocenters. The third kappa shape index (κ3) is 4.54. The minimum atomic E-state index is -3.72. The van der Waals surface area contributed by atoms with Gasteiger partial charge in [0.2, 0.25) is 15.9 Å². The van der Waals surface area contributed by atoms with E-state index in [9.17, 15) is 17.6 Å². The number of ether oxygens (including phenoxy) is 1. The van der Waals surface area contributed by atoms with Gasteiger partial charge in [0.05, 0.1) is 29.7 Å². The molecule has 0 saturated carbocycles. The maximum atomic E-state index is 13.7. The Morgan fingerprint density at radius 1 is 1.00 bits per heavy atom. The van der Waals surface area contributed by atoms with Crippen LogP contribution in [-0.2, 0) is 16.4 Å². The molecule has 0 spiro atoms. The van der Waals surface area contributed by atoms with Crippen LogP contribution in [0.3, 0.4) is 0 Å². The molecule has 0 radical (unpaired) electrons. The summed E-state index contributed by atoms with van der Waals surface area (Å²) in [5.74, 6) is 0.321. The number of oxazole rings is 1. The molecule has 4 heterocycles. The van der Waals surface area contributed by atoms with E-state index < -0.39 is 21.7 Å².